The minimum Gasteiger partial charge on any atom is -0.388 e. The maximum absolute atomic E-state index is 5.63. The van der Waals surface area contributed by atoms with Gasteiger partial charge in [-0.15, -0.1) is 0 Å². The number of hydrogen-bond donors (Lipinski definition) is 2. The van der Waals surface area contributed by atoms with Gasteiger partial charge in [-0.3, -0.25) is 4.98 Å². The zero-order valence-electron chi connectivity index (χ0n) is 11.6. The zero-order chi connectivity index (χ0) is 13.7. The largest absolute Gasteiger partial charge is 0.388 e. The quantitative estimate of drug-likeness (QED) is 0.809. The Kier molecular flexibility index (Phi) is 5.14. The number of pyridine rings is 1. The van der Waals surface area contributed by atoms with Gasteiger partial charge in [0, 0.05) is 17.9 Å². The smallest absolute Gasteiger partial charge is 0.122 e. The lowest BCUT2D eigenvalue weighted by Crippen LogP contribution is -2.30. The third-order valence-electron chi connectivity index (χ3n) is 4.02. The highest BCUT2D eigenvalue weighted by atomic mass is 32.1. The van der Waals surface area contributed by atoms with E-state index in [2.05, 4.69) is 17.2 Å². The summed E-state index contributed by atoms with van der Waals surface area (Å²) in [7, 11) is 0. The molecule has 4 heteroatoms. The molecule has 0 aliphatic heterocycles. The lowest BCUT2D eigenvalue weighted by atomic mass is 9.83. The Morgan fingerprint density at radius 1 is 1.47 bits per heavy atom. The van der Waals surface area contributed by atoms with Crippen LogP contribution in [0, 0.1) is 5.92 Å². The van der Waals surface area contributed by atoms with Crippen LogP contribution in [0.1, 0.15) is 51.1 Å². The molecule has 1 aromatic heterocycles. The number of nitrogens with two attached hydrogens (primary N) is 1. The van der Waals surface area contributed by atoms with Crippen molar-refractivity contribution in [3.8, 4) is 0 Å². The molecule has 1 aliphatic rings. The normalized spacial score (nSPS) is 17.9. The van der Waals surface area contributed by atoms with E-state index in [4.69, 9.17) is 18.0 Å². The molecule has 1 fully saturated rings. The van der Waals surface area contributed by atoms with E-state index in [1.54, 1.807) is 6.20 Å². The van der Waals surface area contributed by atoms with E-state index in [-0.39, 0.29) is 0 Å². The second-order valence-corrected chi connectivity index (χ2v) is 5.79. The first kappa shape index (κ1) is 14.3. The molecule has 1 aliphatic carbocycles. The van der Waals surface area contributed by atoms with Crippen LogP contribution in [0.25, 0.3) is 0 Å². The Bertz CT molecular complexity index is 427. The molecule has 3 nitrogen and oxygen atoms in total. The van der Waals surface area contributed by atoms with Crippen molar-refractivity contribution in [1.29, 1.82) is 0 Å². The van der Waals surface area contributed by atoms with Crippen LogP contribution in [0.15, 0.2) is 18.3 Å². The minimum absolute atomic E-state index is 0.356. The number of nitrogens with one attached hydrogen (secondary N) is 1. The third-order valence-corrected chi connectivity index (χ3v) is 4.23. The summed E-state index contributed by atoms with van der Waals surface area (Å²) in [6.45, 7) is 2.25. The molecule has 1 unspecified atom stereocenters. The third kappa shape index (κ3) is 3.90. The first-order valence-electron chi connectivity index (χ1n) is 7.23. The topological polar surface area (TPSA) is 50.9 Å². The van der Waals surface area contributed by atoms with Crippen LogP contribution in [-0.2, 0) is 0 Å². The van der Waals surface area contributed by atoms with Crippen LogP contribution in [0.2, 0.25) is 0 Å². The molecule has 1 heterocycles. The van der Waals surface area contributed by atoms with Crippen LogP contribution in [0.5, 0.6) is 0 Å². The molecule has 0 spiro atoms. The van der Waals surface area contributed by atoms with E-state index in [0.29, 0.717) is 16.7 Å². The Morgan fingerprint density at radius 2 is 2.21 bits per heavy atom. The highest BCUT2D eigenvalue weighted by Gasteiger charge is 2.22. The number of thiocarbonyl (C=S) groups is 1. The maximum atomic E-state index is 5.63. The molecule has 0 saturated heterocycles. The van der Waals surface area contributed by atoms with E-state index < -0.39 is 0 Å². The molecule has 19 heavy (non-hydrogen) atoms. The second kappa shape index (κ2) is 6.85. The van der Waals surface area contributed by atoms with Crippen molar-refractivity contribution in [1.82, 2.24) is 4.98 Å². The SMILES string of the molecule is CCC(Nc1ccnc(C(N)=S)c1)C1CCCCC1. The van der Waals surface area contributed by atoms with E-state index in [1.165, 1.54) is 32.1 Å². The van der Waals surface area contributed by atoms with Crippen molar-refractivity contribution in [3.05, 3.63) is 24.0 Å². The van der Waals surface area contributed by atoms with Crippen molar-refractivity contribution in [3.63, 3.8) is 0 Å². The highest BCUT2D eigenvalue weighted by Crippen LogP contribution is 2.29. The summed E-state index contributed by atoms with van der Waals surface area (Å²) < 4.78 is 0. The number of nitrogens with zero attached hydrogens (tertiary/aromatic N) is 1. The predicted octanol–water partition coefficient (Wildman–Crippen LogP) is 3.49. The van der Waals surface area contributed by atoms with Gasteiger partial charge in [-0.05, 0) is 37.3 Å². The van der Waals surface area contributed by atoms with Crippen LogP contribution in [-0.4, -0.2) is 16.0 Å². The van der Waals surface area contributed by atoms with Crippen molar-refractivity contribution in [2.75, 3.05) is 5.32 Å². The molecule has 0 radical (unpaired) electrons. The van der Waals surface area contributed by atoms with Gasteiger partial charge < -0.3 is 11.1 Å². The first-order chi connectivity index (χ1) is 9.20. The maximum Gasteiger partial charge on any atom is 0.122 e. The van der Waals surface area contributed by atoms with Gasteiger partial charge in [-0.1, -0.05) is 38.4 Å². The Morgan fingerprint density at radius 3 is 2.84 bits per heavy atom. The van der Waals surface area contributed by atoms with E-state index in [9.17, 15) is 0 Å². The average molecular weight is 277 g/mol. The molecule has 3 N–H and O–H groups in total. The fourth-order valence-electron chi connectivity index (χ4n) is 2.96. The van der Waals surface area contributed by atoms with Crippen LogP contribution >= 0.6 is 12.2 Å². The van der Waals surface area contributed by atoms with Crippen molar-refractivity contribution in [2.45, 2.75) is 51.5 Å². The molecule has 0 amide bonds. The van der Waals surface area contributed by atoms with Gasteiger partial charge in [-0.2, -0.15) is 0 Å². The highest BCUT2D eigenvalue weighted by molar-refractivity contribution is 7.80. The van der Waals surface area contributed by atoms with Crippen molar-refractivity contribution in [2.24, 2.45) is 11.7 Å². The molecule has 1 atom stereocenters. The molecule has 1 saturated carbocycles. The molecular formula is C15H23N3S. The van der Waals surface area contributed by atoms with Gasteiger partial charge in [0.2, 0.25) is 0 Å². The summed E-state index contributed by atoms with van der Waals surface area (Å²) in [4.78, 5) is 4.53. The fraction of sp³-hybridized carbons (Fsp3) is 0.600. The Labute approximate surface area is 121 Å². The Balaban J connectivity index is 2.04. The van der Waals surface area contributed by atoms with Gasteiger partial charge >= 0.3 is 0 Å². The standard InChI is InChI=1S/C15H23N3S/c1-2-13(11-6-4-3-5-7-11)18-12-8-9-17-14(10-12)15(16)19/h8-11,13H,2-7H2,1H3,(H2,16,19)(H,17,18). The Hall–Kier alpha value is -1.16. The molecule has 1 aromatic rings. The van der Waals surface area contributed by atoms with Gasteiger partial charge in [-0.25, -0.2) is 0 Å². The van der Waals surface area contributed by atoms with Crippen LogP contribution < -0.4 is 11.1 Å². The lowest BCUT2D eigenvalue weighted by molar-refractivity contribution is 0.313. The van der Waals surface area contributed by atoms with E-state index >= 15 is 0 Å². The van der Waals surface area contributed by atoms with Crippen molar-refractivity contribution >= 4 is 22.9 Å². The van der Waals surface area contributed by atoms with Gasteiger partial charge in [0.15, 0.2) is 0 Å². The van der Waals surface area contributed by atoms with Crippen LogP contribution in [0.4, 0.5) is 5.69 Å². The summed E-state index contributed by atoms with van der Waals surface area (Å²) in [5.74, 6) is 0.792. The zero-order valence-corrected chi connectivity index (χ0v) is 12.4. The van der Waals surface area contributed by atoms with Crippen LogP contribution in [0.3, 0.4) is 0 Å². The number of anilines is 1. The summed E-state index contributed by atoms with van der Waals surface area (Å²) in [6, 6.07) is 4.49. The summed E-state index contributed by atoms with van der Waals surface area (Å²) in [6.07, 6.45) is 9.75. The molecule has 104 valence electrons. The number of rotatable bonds is 5. The summed E-state index contributed by atoms with van der Waals surface area (Å²) >= 11 is 4.98. The number of aromatic nitrogens is 1. The average Bonchev–Trinajstić information content (AvgIpc) is 2.46. The minimum atomic E-state index is 0.356. The summed E-state index contributed by atoms with van der Waals surface area (Å²) in [5, 5.41) is 3.64. The fourth-order valence-corrected chi connectivity index (χ4v) is 3.07. The second-order valence-electron chi connectivity index (χ2n) is 5.35. The van der Waals surface area contributed by atoms with E-state index in [1.807, 2.05) is 12.1 Å². The molecular weight excluding hydrogens is 254 g/mol. The molecule has 0 bridgehead atoms. The van der Waals surface area contributed by atoms with Gasteiger partial charge in [0.25, 0.3) is 0 Å². The molecule has 2 rings (SSSR count). The monoisotopic (exact) mass is 277 g/mol. The predicted molar refractivity (Wildman–Crippen MR) is 84.4 cm³/mol. The number of hydrogen-bond acceptors (Lipinski definition) is 3. The lowest BCUT2D eigenvalue weighted by Gasteiger charge is -2.31. The molecule has 0 aromatic carbocycles. The van der Waals surface area contributed by atoms with E-state index in [0.717, 1.165) is 18.0 Å². The first-order valence-corrected chi connectivity index (χ1v) is 7.64. The van der Waals surface area contributed by atoms with Gasteiger partial charge in [0.05, 0.1) is 5.69 Å². The van der Waals surface area contributed by atoms with Gasteiger partial charge in [0.1, 0.15) is 4.99 Å². The summed E-state index contributed by atoms with van der Waals surface area (Å²) in [5.41, 5.74) is 7.40. The van der Waals surface area contributed by atoms with Crippen molar-refractivity contribution < 1.29 is 0 Å².